The van der Waals surface area contributed by atoms with Crippen molar-refractivity contribution < 1.29 is 17.7 Å². The van der Waals surface area contributed by atoms with Crippen LogP contribution in [0, 0.1) is 0 Å². The SMILES string of the molecule is CCCCCOC(C)C(CC)(N(C)C)S(=O)(=O)O. The molecule has 0 aromatic carbocycles. The predicted molar refractivity (Wildman–Crippen MR) is 73.2 cm³/mol. The van der Waals surface area contributed by atoms with Crippen molar-refractivity contribution in [1.29, 1.82) is 0 Å². The maximum absolute atomic E-state index is 11.7. The summed E-state index contributed by atoms with van der Waals surface area (Å²) in [5, 5.41) is 0. The first-order chi connectivity index (χ1) is 8.24. The molecule has 0 aromatic rings. The van der Waals surface area contributed by atoms with E-state index in [4.69, 9.17) is 4.74 Å². The zero-order chi connectivity index (χ0) is 14.4. The molecule has 6 heteroatoms. The third-order valence-electron chi connectivity index (χ3n) is 3.46. The second-order valence-electron chi connectivity index (χ2n) is 4.79. The largest absolute Gasteiger partial charge is 0.375 e. The van der Waals surface area contributed by atoms with Crippen LogP contribution in [-0.4, -0.2) is 49.5 Å². The van der Waals surface area contributed by atoms with E-state index in [1.54, 1.807) is 27.9 Å². The predicted octanol–water partition coefficient (Wildman–Crippen LogP) is 2.14. The van der Waals surface area contributed by atoms with E-state index in [-0.39, 0.29) is 6.42 Å². The summed E-state index contributed by atoms with van der Waals surface area (Å²) in [5.74, 6) is 0. The Hall–Kier alpha value is -0.170. The number of hydrogen-bond acceptors (Lipinski definition) is 4. The molecular formula is C12H27NO4S. The quantitative estimate of drug-likeness (QED) is 0.518. The molecule has 18 heavy (non-hydrogen) atoms. The molecular weight excluding hydrogens is 254 g/mol. The molecule has 0 amide bonds. The van der Waals surface area contributed by atoms with Gasteiger partial charge < -0.3 is 4.74 Å². The highest BCUT2D eigenvalue weighted by Crippen LogP contribution is 2.29. The van der Waals surface area contributed by atoms with E-state index in [1.165, 1.54) is 4.90 Å². The lowest BCUT2D eigenvalue weighted by molar-refractivity contribution is -0.0150. The maximum atomic E-state index is 11.7. The molecule has 110 valence electrons. The van der Waals surface area contributed by atoms with E-state index >= 15 is 0 Å². The van der Waals surface area contributed by atoms with Crippen molar-refractivity contribution >= 4 is 10.1 Å². The van der Waals surface area contributed by atoms with Crippen LogP contribution in [0.3, 0.4) is 0 Å². The number of unbranched alkanes of at least 4 members (excludes halogenated alkanes) is 2. The minimum Gasteiger partial charge on any atom is -0.375 e. The summed E-state index contributed by atoms with van der Waals surface area (Å²) in [6, 6.07) is 0. The fraction of sp³-hybridized carbons (Fsp3) is 1.00. The molecule has 0 aliphatic carbocycles. The lowest BCUT2D eigenvalue weighted by Gasteiger charge is -2.40. The van der Waals surface area contributed by atoms with Gasteiger partial charge in [-0.3, -0.25) is 9.45 Å². The third kappa shape index (κ3) is 3.91. The van der Waals surface area contributed by atoms with E-state index in [2.05, 4.69) is 6.92 Å². The molecule has 0 aliphatic rings. The van der Waals surface area contributed by atoms with Gasteiger partial charge in [0.1, 0.15) is 0 Å². The first-order valence-corrected chi connectivity index (χ1v) is 7.94. The molecule has 0 aliphatic heterocycles. The van der Waals surface area contributed by atoms with Crippen molar-refractivity contribution in [1.82, 2.24) is 4.90 Å². The molecule has 0 saturated heterocycles. The summed E-state index contributed by atoms with van der Waals surface area (Å²) in [6.07, 6.45) is 2.74. The van der Waals surface area contributed by atoms with Gasteiger partial charge in [0.15, 0.2) is 4.87 Å². The topological polar surface area (TPSA) is 66.8 Å². The second-order valence-corrected chi connectivity index (χ2v) is 6.45. The fourth-order valence-electron chi connectivity index (χ4n) is 2.33. The van der Waals surface area contributed by atoms with Gasteiger partial charge in [-0.2, -0.15) is 8.42 Å². The molecule has 2 atom stereocenters. The third-order valence-corrected chi connectivity index (χ3v) is 5.34. The molecule has 0 rings (SSSR count). The van der Waals surface area contributed by atoms with E-state index in [1.807, 2.05) is 0 Å². The number of nitrogens with zero attached hydrogens (tertiary/aromatic N) is 1. The molecule has 0 aromatic heterocycles. The molecule has 0 fully saturated rings. The van der Waals surface area contributed by atoms with Gasteiger partial charge in [-0.15, -0.1) is 0 Å². The van der Waals surface area contributed by atoms with Gasteiger partial charge in [-0.05, 0) is 33.9 Å². The van der Waals surface area contributed by atoms with Gasteiger partial charge in [-0.1, -0.05) is 26.7 Å². The summed E-state index contributed by atoms with van der Waals surface area (Å²) >= 11 is 0. The summed E-state index contributed by atoms with van der Waals surface area (Å²) in [5.41, 5.74) is 0. The smallest absolute Gasteiger partial charge is 0.286 e. The van der Waals surface area contributed by atoms with Crippen LogP contribution in [0.1, 0.15) is 46.5 Å². The molecule has 1 N–H and O–H groups in total. The number of likely N-dealkylation sites (N-methyl/N-ethyl adjacent to an activating group) is 1. The summed E-state index contributed by atoms with van der Waals surface area (Å²) in [7, 11) is -0.933. The molecule has 0 heterocycles. The van der Waals surface area contributed by atoms with Crippen molar-refractivity contribution in [2.75, 3.05) is 20.7 Å². The van der Waals surface area contributed by atoms with Crippen molar-refractivity contribution in [3.05, 3.63) is 0 Å². The summed E-state index contributed by atoms with van der Waals surface area (Å²) < 4.78 is 38.5. The summed E-state index contributed by atoms with van der Waals surface area (Å²) in [4.78, 5) is 0.145. The Morgan fingerprint density at radius 1 is 1.28 bits per heavy atom. The average Bonchev–Trinajstić information content (AvgIpc) is 2.23. The second kappa shape index (κ2) is 7.43. The monoisotopic (exact) mass is 281 g/mol. The van der Waals surface area contributed by atoms with Crippen LogP contribution in [0.25, 0.3) is 0 Å². The van der Waals surface area contributed by atoms with Crippen LogP contribution < -0.4 is 0 Å². The van der Waals surface area contributed by atoms with E-state index in [0.717, 1.165) is 19.3 Å². The zero-order valence-electron chi connectivity index (χ0n) is 12.1. The van der Waals surface area contributed by atoms with E-state index in [9.17, 15) is 13.0 Å². The minimum atomic E-state index is -4.22. The number of rotatable bonds is 9. The molecule has 0 bridgehead atoms. The van der Waals surface area contributed by atoms with Gasteiger partial charge in [0.2, 0.25) is 0 Å². The first kappa shape index (κ1) is 17.8. The molecule has 5 nitrogen and oxygen atoms in total. The highest BCUT2D eigenvalue weighted by molar-refractivity contribution is 7.87. The summed E-state index contributed by atoms with van der Waals surface area (Å²) in [6.45, 7) is 6.04. The first-order valence-electron chi connectivity index (χ1n) is 6.50. The van der Waals surface area contributed by atoms with E-state index < -0.39 is 21.1 Å². The standard InChI is InChI=1S/C12H27NO4S/c1-6-8-9-10-17-11(3)12(7-2,13(4)5)18(14,15)16/h11H,6-10H2,1-5H3,(H,14,15,16). The Morgan fingerprint density at radius 3 is 2.17 bits per heavy atom. The Kier molecular flexibility index (Phi) is 7.36. The van der Waals surface area contributed by atoms with Gasteiger partial charge in [-0.25, -0.2) is 0 Å². The average molecular weight is 281 g/mol. The van der Waals surface area contributed by atoms with Crippen LogP contribution in [0.4, 0.5) is 0 Å². The van der Waals surface area contributed by atoms with Crippen molar-refractivity contribution in [3.8, 4) is 0 Å². The molecule has 2 unspecified atom stereocenters. The van der Waals surface area contributed by atoms with Crippen LogP contribution in [-0.2, 0) is 14.9 Å². The maximum Gasteiger partial charge on any atom is 0.286 e. The van der Waals surface area contributed by atoms with Crippen molar-refractivity contribution in [2.45, 2.75) is 57.4 Å². The van der Waals surface area contributed by atoms with E-state index in [0.29, 0.717) is 6.61 Å². The van der Waals surface area contributed by atoms with Crippen LogP contribution in [0.15, 0.2) is 0 Å². The van der Waals surface area contributed by atoms with Gasteiger partial charge in [0.05, 0.1) is 6.10 Å². The van der Waals surface area contributed by atoms with Gasteiger partial charge in [0.25, 0.3) is 10.1 Å². The lowest BCUT2D eigenvalue weighted by atomic mass is 10.1. The number of hydrogen-bond donors (Lipinski definition) is 1. The Morgan fingerprint density at radius 2 is 1.83 bits per heavy atom. The highest BCUT2D eigenvalue weighted by Gasteiger charge is 2.49. The fourth-order valence-corrected chi connectivity index (χ4v) is 3.65. The molecule has 0 saturated carbocycles. The number of ether oxygens (including phenoxy) is 1. The minimum absolute atomic E-state index is 0.272. The Bertz CT molecular complexity index is 329. The van der Waals surface area contributed by atoms with Gasteiger partial charge >= 0.3 is 0 Å². The molecule has 0 radical (unpaired) electrons. The Labute approximate surface area is 111 Å². The zero-order valence-corrected chi connectivity index (χ0v) is 13.0. The van der Waals surface area contributed by atoms with Crippen molar-refractivity contribution in [3.63, 3.8) is 0 Å². The van der Waals surface area contributed by atoms with Gasteiger partial charge in [0, 0.05) is 6.61 Å². The van der Waals surface area contributed by atoms with Crippen LogP contribution >= 0.6 is 0 Å². The molecule has 0 spiro atoms. The Balaban J connectivity index is 4.88. The van der Waals surface area contributed by atoms with Crippen LogP contribution in [0.2, 0.25) is 0 Å². The lowest BCUT2D eigenvalue weighted by Crippen LogP contribution is -2.58. The highest BCUT2D eigenvalue weighted by atomic mass is 32.2. The van der Waals surface area contributed by atoms with Crippen LogP contribution in [0.5, 0.6) is 0 Å². The van der Waals surface area contributed by atoms with Crippen molar-refractivity contribution in [2.24, 2.45) is 0 Å². The normalized spacial score (nSPS) is 17.7.